The van der Waals surface area contributed by atoms with Crippen molar-refractivity contribution in [1.29, 1.82) is 0 Å². The molecule has 162 valence electrons. The Morgan fingerprint density at radius 2 is 2.10 bits per heavy atom. The Labute approximate surface area is 186 Å². The Hall–Kier alpha value is -2.90. The van der Waals surface area contributed by atoms with Crippen LogP contribution in [-0.2, 0) is 4.79 Å². The van der Waals surface area contributed by atoms with Gasteiger partial charge in [0.2, 0.25) is 5.91 Å². The van der Waals surface area contributed by atoms with Gasteiger partial charge in [0, 0.05) is 34.3 Å². The number of thiazole rings is 1. The molecule has 1 fully saturated rings. The molecule has 2 aromatic carbocycles. The van der Waals surface area contributed by atoms with Crippen LogP contribution in [0.25, 0.3) is 11.3 Å². The molecule has 1 atom stereocenters. The number of likely N-dealkylation sites (tertiary alicyclic amines) is 1. The molecule has 1 aliphatic heterocycles. The van der Waals surface area contributed by atoms with E-state index in [0.717, 1.165) is 58.4 Å². The number of hydrogen-bond donors (Lipinski definition) is 1. The molecule has 0 aliphatic carbocycles. The highest BCUT2D eigenvalue weighted by atomic mass is 32.1. The summed E-state index contributed by atoms with van der Waals surface area (Å²) < 4.78 is 10.9. The number of anilines is 1. The highest BCUT2D eigenvalue weighted by Crippen LogP contribution is 2.38. The van der Waals surface area contributed by atoms with E-state index >= 15 is 0 Å². The zero-order chi connectivity index (χ0) is 21.8. The second-order valence-electron chi connectivity index (χ2n) is 7.62. The molecule has 0 saturated carbocycles. The Morgan fingerprint density at radius 3 is 2.84 bits per heavy atom. The maximum Gasteiger partial charge on any atom is 0.238 e. The Balaban J connectivity index is 1.45. The van der Waals surface area contributed by atoms with Gasteiger partial charge in [-0.2, -0.15) is 0 Å². The highest BCUT2D eigenvalue weighted by Gasteiger charge is 2.30. The predicted octanol–water partition coefficient (Wildman–Crippen LogP) is 4.91. The zero-order valence-electron chi connectivity index (χ0n) is 18.1. The van der Waals surface area contributed by atoms with E-state index in [4.69, 9.17) is 9.47 Å². The molecule has 1 amide bonds. The SMILES string of the molecule is COc1ccc(C2CCCN2CC(=O)Nc2cccc(-c3csc(C)n3)c2)c(OC)c1. The molecule has 6 nitrogen and oxygen atoms in total. The number of aromatic nitrogens is 1. The van der Waals surface area contributed by atoms with Crippen LogP contribution in [-0.4, -0.2) is 43.1 Å². The average Bonchev–Trinajstić information content (AvgIpc) is 3.42. The average molecular weight is 438 g/mol. The van der Waals surface area contributed by atoms with Gasteiger partial charge in [0.15, 0.2) is 0 Å². The van der Waals surface area contributed by atoms with Gasteiger partial charge in [-0.3, -0.25) is 9.69 Å². The summed E-state index contributed by atoms with van der Waals surface area (Å²) in [6, 6.07) is 13.9. The summed E-state index contributed by atoms with van der Waals surface area (Å²) in [6.45, 7) is 3.20. The Bertz CT molecular complexity index is 1070. The van der Waals surface area contributed by atoms with Crippen LogP contribution in [0.1, 0.15) is 29.5 Å². The fourth-order valence-electron chi connectivity index (χ4n) is 4.10. The van der Waals surface area contributed by atoms with Crippen molar-refractivity contribution in [2.24, 2.45) is 0 Å². The fraction of sp³-hybridized carbons (Fsp3) is 0.333. The van der Waals surface area contributed by atoms with Gasteiger partial charge in [0.05, 0.1) is 31.5 Å². The second kappa shape index (κ2) is 9.49. The first kappa shape index (κ1) is 21.3. The molecular formula is C24H27N3O3S. The Morgan fingerprint density at radius 1 is 1.23 bits per heavy atom. The number of methoxy groups -OCH3 is 2. The summed E-state index contributed by atoms with van der Waals surface area (Å²) in [4.78, 5) is 19.6. The zero-order valence-corrected chi connectivity index (χ0v) is 18.9. The van der Waals surface area contributed by atoms with Crippen LogP contribution in [0.15, 0.2) is 47.8 Å². The van der Waals surface area contributed by atoms with Gasteiger partial charge in [0.1, 0.15) is 11.5 Å². The third-order valence-electron chi connectivity index (χ3n) is 5.57. The van der Waals surface area contributed by atoms with Crippen LogP contribution in [0.4, 0.5) is 5.69 Å². The minimum Gasteiger partial charge on any atom is -0.497 e. The van der Waals surface area contributed by atoms with Crippen molar-refractivity contribution in [3.8, 4) is 22.8 Å². The van der Waals surface area contributed by atoms with Crippen molar-refractivity contribution in [2.75, 3.05) is 32.6 Å². The number of nitrogens with zero attached hydrogens (tertiary/aromatic N) is 2. The lowest BCUT2D eigenvalue weighted by Crippen LogP contribution is -2.33. The van der Waals surface area contributed by atoms with E-state index in [1.54, 1.807) is 25.6 Å². The number of hydrogen-bond acceptors (Lipinski definition) is 6. The smallest absolute Gasteiger partial charge is 0.238 e. The standard InChI is InChI=1S/C24H27N3O3S/c1-16-25-21(15-31-16)17-6-4-7-18(12-17)26-24(28)14-27-11-5-8-22(27)20-10-9-19(29-2)13-23(20)30-3/h4,6-7,9-10,12-13,15,22H,5,8,11,14H2,1-3H3,(H,26,28). The number of aryl methyl sites for hydroxylation is 1. The molecule has 0 radical (unpaired) electrons. The third kappa shape index (κ3) is 4.89. The van der Waals surface area contributed by atoms with E-state index in [0.29, 0.717) is 6.54 Å². The normalized spacial score (nSPS) is 16.3. The summed E-state index contributed by atoms with van der Waals surface area (Å²) in [5.41, 5.74) is 3.81. The molecule has 1 aliphatic rings. The first-order valence-corrected chi connectivity index (χ1v) is 11.2. The largest absolute Gasteiger partial charge is 0.497 e. The quantitative estimate of drug-likeness (QED) is 0.569. The molecule has 4 rings (SSSR count). The van der Waals surface area contributed by atoms with Gasteiger partial charge < -0.3 is 14.8 Å². The Kier molecular flexibility index (Phi) is 6.53. The third-order valence-corrected chi connectivity index (χ3v) is 6.34. The van der Waals surface area contributed by atoms with Gasteiger partial charge in [-0.25, -0.2) is 4.98 Å². The number of carbonyl (C=O) groups is 1. The lowest BCUT2D eigenvalue weighted by atomic mass is 10.0. The van der Waals surface area contributed by atoms with Crippen LogP contribution in [0.3, 0.4) is 0 Å². The van der Waals surface area contributed by atoms with Crippen molar-refractivity contribution in [3.05, 3.63) is 58.4 Å². The van der Waals surface area contributed by atoms with Crippen molar-refractivity contribution in [2.45, 2.75) is 25.8 Å². The maximum absolute atomic E-state index is 12.8. The maximum atomic E-state index is 12.8. The summed E-state index contributed by atoms with van der Waals surface area (Å²) in [5, 5.41) is 6.11. The van der Waals surface area contributed by atoms with Gasteiger partial charge in [-0.1, -0.05) is 18.2 Å². The number of benzene rings is 2. The molecular weight excluding hydrogens is 410 g/mol. The van der Waals surface area contributed by atoms with Crippen molar-refractivity contribution in [1.82, 2.24) is 9.88 Å². The highest BCUT2D eigenvalue weighted by molar-refractivity contribution is 7.09. The first-order valence-electron chi connectivity index (χ1n) is 10.4. The van der Waals surface area contributed by atoms with Gasteiger partial charge in [-0.05, 0) is 44.5 Å². The molecule has 1 aromatic heterocycles. The van der Waals surface area contributed by atoms with Gasteiger partial charge >= 0.3 is 0 Å². The fourth-order valence-corrected chi connectivity index (χ4v) is 4.72. The van der Waals surface area contributed by atoms with E-state index in [1.807, 2.05) is 54.8 Å². The van der Waals surface area contributed by atoms with Crippen molar-refractivity contribution in [3.63, 3.8) is 0 Å². The predicted molar refractivity (Wildman–Crippen MR) is 124 cm³/mol. The molecule has 0 spiro atoms. The molecule has 1 unspecified atom stereocenters. The monoisotopic (exact) mass is 437 g/mol. The van der Waals surface area contributed by atoms with Gasteiger partial charge in [0.25, 0.3) is 0 Å². The van der Waals surface area contributed by atoms with Crippen molar-refractivity contribution >= 4 is 22.9 Å². The van der Waals surface area contributed by atoms with Gasteiger partial charge in [-0.15, -0.1) is 11.3 Å². The van der Waals surface area contributed by atoms with E-state index < -0.39 is 0 Å². The molecule has 7 heteroatoms. The summed E-state index contributed by atoms with van der Waals surface area (Å²) in [7, 11) is 3.31. The lowest BCUT2D eigenvalue weighted by molar-refractivity contribution is -0.117. The van der Waals surface area contributed by atoms with E-state index in [2.05, 4.69) is 15.2 Å². The van der Waals surface area contributed by atoms with Crippen LogP contribution in [0.2, 0.25) is 0 Å². The molecule has 31 heavy (non-hydrogen) atoms. The topological polar surface area (TPSA) is 63.7 Å². The van der Waals surface area contributed by atoms with E-state index in [9.17, 15) is 4.79 Å². The summed E-state index contributed by atoms with van der Waals surface area (Å²) >= 11 is 1.62. The number of carbonyl (C=O) groups excluding carboxylic acids is 1. The second-order valence-corrected chi connectivity index (χ2v) is 8.68. The first-order chi connectivity index (χ1) is 15.1. The molecule has 2 heterocycles. The molecule has 1 saturated heterocycles. The number of nitrogens with one attached hydrogen (secondary N) is 1. The van der Waals surface area contributed by atoms with Crippen LogP contribution < -0.4 is 14.8 Å². The van der Waals surface area contributed by atoms with E-state index in [1.165, 1.54) is 0 Å². The lowest BCUT2D eigenvalue weighted by Gasteiger charge is -2.26. The minimum absolute atomic E-state index is 0.0222. The molecule has 3 aromatic rings. The summed E-state index contributed by atoms with van der Waals surface area (Å²) in [5.74, 6) is 1.53. The number of ether oxygens (including phenoxy) is 2. The summed E-state index contributed by atoms with van der Waals surface area (Å²) in [6.07, 6.45) is 2.04. The number of rotatable bonds is 7. The molecule has 0 bridgehead atoms. The molecule has 1 N–H and O–H groups in total. The van der Waals surface area contributed by atoms with E-state index in [-0.39, 0.29) is 11.9 Å². The van der Waals surface area contributed by atoms with Crippen molar-refractivity contribution < 1.29 is 14.3 Å². The van der Waals surface area contributed by atoms with Crippen LogP contribution in [0.5, 0.6) is 11.5 Å². The van der Waals surface area contributed by atoms with Crippen LogP contribution >= 0.6 is 11.3 Å². The minimum atomic E-state index is -0.0222. The van der Waals surface area contributed by atoms with Crippen LogP contribution in [0, 0.1) is 6.92 Å². The number of amides is 1.